The molecule has 0 fully saturated rings. The molecule has 0 bridgehead atoms. The second-order valence-corrected chi connectivity index (χ2v) is 3.98. The van der Waals surface area contributed by atoms with Gasteiger partial charge >= 0.3 is 0 Å². The van der Waals surface area contributed by atoms with Crippen LogP contribution in [-0.4, -0.2) is 36.2 Å². The molecule has 2 aromatic rings. The lowest BCUT2D eigenvalue weighted by molar-refractivity contribution is 0.0943. The Bertz CT molecular complexity index is 664. The number of amides is 1. The number of ether oxygens (including phenoxy) is 1. The van der Waals surface area contributed by atoms with Crippen molar-refractivity contribution in [3.05, 3.63) is 40.4 Å². The highest BCUT2D eigenvalue weighted by Crippen LogP contribution is 2.08. The molecule has 0 spiro atoms. The van der Waals surface area contributed by atoms with E-state index in [9.17, 15) is 9.59 Å². The Kier molecular flexibility index (Phi) is 3.91. The molecule has 0 aliphatic carbocycles. The van der Waals surface area contributed by atoms with Gasteiger partial charge in [-0.25, -0.2) is 4.98 Å². The number of carbonyl (C=O) groups excluding carboxylic acids is 1. The Labute approximate surface area is 110 Å². The van der Waals surface area contributed by atoms with Gasteiger partial charge in [-0.3, -0.25) is 14.2 Å². The zero-order valence-corrected chi connectivity index (χ0v) is 10.8. The Morgan fingerprint density at radius 1 is 1.42 bits per heavy atom. The summed E-state index contributed by atoms with van der Waals surface area (Å²) < 4.78 is 6.30. The number of hydrogen-bond acceptors (Lipinski definition) is 4. The number of carbonyl (C=O) groups is 1. The van der Waals surface area contributed by atoms with Gasteiger partial charge in [0, 0.05) is 14.2 Å². The Hall–Kier alpha value is -2.21. The monoisotopic (exact) mass is 261 g/mol. The average Bonchev–Trinajstić information content (AvgIpc) is 2.45. The summed E-state index contributed by atoms with van der Waals surface area (Å²) in [4.78, 5) is 28.4. The fourth-order valence-corrected chi connectivity index (χ4v) is 1.84. The normalized spacial score (nSPS) is 10.6. The number of nitrogens with one attached hydrogen (secondary N) is 1. The molecule has 2 rings (SSSR count). The third-order valence-electron chi connectivity index (χ3n) is 2.81. The molecule has 19 heavy (non-hydrogen) atoms. The molecule has 0 atom stereocenters. The maximum Gasteiger partial charge on any atom is 0.287 e. The van der Waals surface area contributed by atoms with Crippen molar-refractivity contribution >= 4 is 16.8 Å². The minimum Gasteiger partial charge on any atom is -0.383 e. The van der Waals surface area contributed by atoms with Crippen molar-refractivity contribution in [1.29, 1.82) is 0 Å². The fourth-order valence-electron chi connectivity index (χ4n) is 1.84. The fraction of sp³-hybridized carbons (Fsp3) is 0.308. The molecule has 0 aliphatic rings. The van der Waals surface area contributed by atoms with Gasteiger partial charge in [0.05, 0.1) is 24.1 Å². The molecular weight excluding hydrogens is 246 g/mol. The number of aromatic nitrogens is 2. The average molecular weight is 261 g/mol. The van der Waals surface area contributed by atoms with Gasteiger partial charge in [-0.2, -0.15) is 0 Å². The zero-order valence-electron chi connectivity index (χ0n) is 10.8. The van der Waals surface area contributed by atoms with Gasteiger partial charge in [0.15, 0.2) is 0 Å². The van der Waals surface area contributed by atoms with Crippen LogP contribution in [-0.2, 0) is 11.3 Å². The number of benzene rings is 1. The van der Waals surface area contributed by atoms with Gasteiger partial charge in [-0.15, -0.1) is 0 Å². The first-order chi connectivity index (χ1) is 9.19. The van der Waals surface area contributed by atoms with Crippen molar-refractivity contribution < 1.29 is 9.53 Å². The largest absolute Gasteiger partial charge is 0.383 e. The van der Waals surface area contributed by atoms with E-state index in [1.165, 1.54) is 11.6 Å². The quantitative estimate of drug-likeness (QED) is 0.864. The third-order valence-corrected chi connectivity index (χ3v) is 2.81. The first kappa shape index (κ1) is 13.2. The van der Waals surface area contributed by atoms with Crippen LogP contribution >= 0.6 is 0 Å². The highest BCUT2D eigenvalue weighted by Gasteiger charge is 2.15. The molecule has 0 unspecified atom stereocenters. The van der Waals surface area contributed by atoms with Gasteiger partial charge in [0.25, 0.3) is 11.5 Å². The molecule has 1 aromatic carbocycles. The van der Waals surface area contributed by atoms with Crippen LogP contribution in [0, 0.1) is 0 Å². The predicted octanol–water partition coefficient (Wildman–Crippen LogP) is 0.402. The maximum atomic E-state index is 12.4. The Balaban J connectivity index is 2.69. The summed E-state index contributed by atoms with van der Waals surface area (Å²) in [6, 6.07) is 6.96. The molecule has 0 saturated heterocycles. The van der Waals surface area contributed by atoms with Crippen LogP contribution in [0.3, 0.4) is 0 Å². The Morgan fingerprint density at radius 3 is 2.84 bits per heavy atom. The van der Waals surface area contributed by atoms with Crippen molar-refractivity contribution in [2.24, 2.45) is 0 Å². The van der Waals surface area contributed by atoms with E-state index in [2.05, 4.69) is 10.3 Å². The van der Waals surface area contributed by atoms with Crippen molar-refractivity contribution in [3.8, 4) is 0 Å². The SMILES string of the molecule is CNC(=O)c1nc2ccccc2c(=O)n1CCOC. The van der Waals surface area contributed by atoms with Crippen LogP contribution in [0.2, 0.25) is 0 Å². The molecule has 100 valence electrons. The minimum absolute atomic E-state index is 0.100. The molecule has 6 nitrogen and oxygen atoms in total. The smallest absolute Gasteiger partial charge is 0.287 e. The second-order valence-electron chi connectivity index (χ2n) is 3.98. The van der Waals surface area contributed by atoms with Crippen LogP contribution in [0.4, 0.5) is 0 Å². The van der Waals surface area contributed by atoms with Crippen molar-refractivity contribution in [3.63, 3.8) is 0 Å². The first-order valence-electron chi connectivity index (χ1n) is 5.89. The molecule has 1 aromatic heterocycles. The lowest BCUT2D eigenvalue weighted by atomic mass is 10.2. The van der Waals surface area contributed by atoms with Crippen LogP contribution < -0.4 is 10.9 Å². The van der Waals surface area contributed by atoms with E-state index in [-0.39, 0.29) is 23.8 Å². The standard InChI is InChI=1S/C13H15N3O3/c1-14-12(17)11-15-10-6-4-3-5-9(10)13(18)16(11)7-8-19-2/h3-6H,7-8H2,1-2H3,(H,14,17). The van der Waals surface area contributed by atoms with Gasteiger partial charge in [0.1, 0.15) is 0 Å². The van der Waals surface area contributed by atoms with E-state index in [0.717, 1.165) is 0 Å². The lowest BCUT2D eigenvalue weighted by Gasteiger charge is -2.11. The summed E-state index contributed by atoms with van der Waals surface area (Å²) in [6.45, 7) is 0.625. The summed E-state index contributed by atoms with van der Waals surface area (Å²) in [7, 11) is 3.05. The summed E-state index contributed by atoms with van der Waals surface area (Å²) in [6.07, 6.45) is 0. The number of para-hydroxylation sites is 1. The molecule has 1 N–H and O–H groups in total. The summed E-state index contributed by atoms with van der Waals surface area (Å²) in [5.41, 5.74) is 0.279. The number of methoxy groups -OCH3 is 1. The van der Waals surface area contributed by atoms with Gasteiger partial charge < -0.3 is 10.1 Å². The second kappa shape index (κ2) is 5.62. The summed E-state index contributed by atoms with van der Waals surface area (Å²) >= 11 is 0. The van der Waals surface area contributed by atoms with E-state index in [4.69, 9.17) is 4.74 Å². The molecule has 0 saturated carbocycles. The van der Waals surface area contributed by atoms with Gasteiger partial charge in [0.2, 0.25) is 5.82 Å². The molecule has 1 amide bonds. The molecule has 1 heterocycles. The zero-order chi connectivity index (χ0) is 13.8. The third kappa shape index (κ3) is 2.48. The van der Waals surface area contributed by atoms with E-state index in [1.807, 2.05) is 0 Å². The van der Waals surface area contributed by atoms with Crippen LogP contribution in [0.5, 0.6) is 0 Å². The van der Waals surface area contributed by atoms with Crippen LogP contribution in [0.25, 0.3) is 10.9 Å². The number of fused-ring (bicyclic) bond motifs is 1. The highest BCUT2D eigenvalue weighted by molar-refractivity contribution is 5.92. The predicted molar refractivity (Wildman–Crippen MR) is 71.3 cm³/mol. The van der Waals surface area contributed by atoms with Crippen LogP contribution in [0.1, 0.15) is 10.6 Å². The van der Waals surface area contributed by atoms with Gasteiger partial charge in [-0.1, -0.05) is 12.1 Å². The van der Waals surface area contributed by atoms with Crippen molar-refractivity contribution in [2.45, 2.75) is 6.54 Å². The van der Waals surface area contributed by atoms with Crippen LogP contribution in [0.15, 0.2) is 29.1 Å². The van der Waals surface area contributed by atoms with E-state index >= 15 is 0 Å². The summed E-state index contributed by atoms with van der Waals surface area (Å²) in [5.74, 6) is -0.290. The van der Waals surface area contributed by atoms with E-state index in [0.29, 0.717) is 17.5 Å². The molecular formula is C13H15N3O3. The topological polar surface area (TPSA) is 73.2 Å². The van der Waals surface area contributed by atoms with E-state index < -0.39 is 0 Å². The first-order valence-corrected chi connectivity index (χ1v) is 5.89. The minimum atomic E-state index is -0.390. The van der Waals surface area contributed by atoms with Gasteiger partial charge in [-0.05, 0) is 12.1 Å². The van der Waals surface area contributed by atoms with E-state index in [1.54, 1.807) is 31.4 Å². The van der Waals surface area contributed by atoms with Crippen molar-refractivity contribution in [1.82, 2.24) is 14.9 Å². The summed E-state index contributed by atoms with van der Waals surface area (Å²) in [5, 5.41) is 2.98. The molecule has 0 aliphatic heterocycles. The molecule has 6 heteroatoms. The lowest BCUT2D eigenvalue weighted by Crippen LogP contribution is -2.33. The Morgan fingerprint density at radius 2 is 2.16 bits per heavy atom. The van der Waals surface area contributed by atoms with Crippen molar-refractivity contribution in [2.75, 3.05) is 20.8 Å². The number of nitrogens with zero attached hydrogens (tertiary/aromatic N) is 2. The highest BCUT2D eigenvalue weighted by atomic mass is 16.5. The maximum absolute atomic E-state index is 12.4. The molecule has 0 radical (unpaired) electrons. The number of hydrogen-bond donors (Lipinski definition) is 1. The number of rotatable bonds is 4.